The van der Waals surface area contributed by atoms with E-state index in [1.165, 1.54) is 17.4 Å². The molecule has 4 rings (SSSR count). The molecular formula is C19H16Cl2N4O3S. The highest BCUT2D eigenvalue weighted by atomic mass is 35.5. The van der Waals surface area contributed by atoms with E-state index in [0.717, 1.165) is 37.1 Å². The Hall–Kier alpha value is -2.42. The molecule has 0 radical (unpaired) electrons. The lowest BCUT2D eigenvalue weighted by atomic mass is 10.1. The van der Waals surface area contributed by atoms with Gasteiger partial charge in [0.2, 0.25) is 0 Å². The minimum atomic E-state index is -0.473. The minimum absolute atomic E-state index is 0.0707. The molecule has 2 aromatic carbocycles. The molecule has 10 heteroatoms. The van der Waals surface area contributed by atoms with Gasteiger partial charge in [0, 0.05) is 24.7 Å². The summed E-state index contributed by atoms with van der Waals surface area (Å²) in [7, 11) is 0. The molecule has 1 saturated heterocycles. The molecule has 2 heterocycles. The molecule has 1 fully saturated rings. The molecule has 0 bridgehead atoms. The lowest BCUT2D eigenvalue weighted by Gasteiger charge is -2.28. The molecule has 1 N–H and O–H groups in total. The van der Waals surface area contributed by atoms with Gasteiger partial charge in [0.25, 0.3) is 11.6 Å². The summed E-state index contributed by atoms with van der Waals surface area (Å²) in [5.41, 5.74) is 1.18. The second-order valence-electron chi connectivity index (χ2n) is 6.69. The lowest BCUT2D eigenvalue weighted by molar-refractivity contribution is -0.384. The summed E-state index contributed by atoms with van der Waals surface area (Å²) >= 11 is 13.4. The van der Waals surface area contributed by atoms with E-state index in [2.05, 4.69) is 10.3 Å². The van der Waals surface area contributed by atoms with Crippen LogP contribution in [-0.2, 0) is 0 Å². The highest BCUT2D eigenvalue weighted by molar-refractivity contribution is 7.22. The Morgan fingerprint density at radius 2 is 1.93 bits per heavy atom. The lowest BCUT2D eigenvalue weighted by Crippen LogP contribution is -2.30. The number of piperidine rings is 1. The Morgan fingerprint density at radius 1 is 1.17 bits per heavy atom. The van der Waals surface area contributed by atoms with Crippen LogP contribution < -0.4 is 10.2 Å². The van der Waals surface area contributed by atoms with Gasteiger partial charge in [-0.25, -0.2) is 4.98 Å². The highest BCUT2D eigenvalue weighted by Crippen LogP contribution is 2.36. The van der Waals surface area contributed by atoms with Gasteiger partial charge in [0.15, 0.2) is 5.13 Å². The number of hydrogen-bond donors (Lipinski definition) is 1. The number of fused-ring (bicyclic) bond motifs is 1. The van der Waals surface area contributed by atoms with Gasteiger partial charge >= 0.3 is 0 Å². The van der Waals surface area contributed by atoms with Crippen LogP contribution in [0.2, 0.25) is 10.0 Å². The van der Waals surface area contributed by atoms with E-state index in [9.17, 15) is 14.9 Å². The number of anilines is 2. The van der Waals surface area contributed by atoms with Gasteiger partial charge in [-0.15, -0.1) is 0 Å². The number of carbonyl (C=O) groups is 1. The molecule has 0 spiro atoms. The monoisotopic (exact) mass is 450 g/mol. The van der Waals surface area contributed by atoms with Crippen molar-refractivity contribution >= 4 is 67.2 Å². The van der Waals surface area contributed by atoms with Crippen LogP contribution in [0.5, 0.6) is 0 Å². The van der Waals surface area contributed by atoms with Gasteiger partial charge in [-0.3, -0.25) is 20.2 Å². The molecule has 0 saturated carbocycles. The molecular weight excluding hydrogens is 435 g/mol. The molecule has 150 valence electrons. The number of nitro groups is 1. The van der Waals surface area contributed by atoms with E-state index in [0.29, 0.717) is 26.4 Å². The number of nitrogens with zero attached hydrogens (tertiary/aromatic N) is 3. The van der Waals surface area contributed by atoms with Crippen LogP contribution >= 0.6 is 34.5 Å². The Balaban J connectivity index is 1.61. The number of hydrogen-bond acceptors (Lipinski definition) is 6. The zero-order valence-corrected chi connectivity index (χ0v) is 17.5. The van der Waals surface area contributed by atoms with Gasteiger partial charge < -0.3 is 4.90 Å². The van der Waals surface area contributed by atoms with Crippen molar-refractivity contribution in [3.05, 3.63) is 56.1 Å². The van der Waals surface area contributed by atoms with Crippen molar-refractivity contribution in [2.24, 2.45) is 0 Å². The molecule has 1 aromatic heterocycles. The van der Waals surface area contributed by atoms with Crippen molar-refractivity contribution in [2.45, 2.75) is 19.3 Å². The predicted molar refractivity (Wildman–Crippen MR) is 117 cm³/mol. The molecule has 7 nitrogen and oxygen atoms in total. The van der Waals surface area contributed by atoms with Gasteiger partial charge in [-0.05, 0) is 43.5 Å². The minimum Gasteiger partial charge on any atom is -0.366 e. The fourth-order valence-electron chi connectivity index (χ4n) is 3.37. The van der Waals surface area contributed by atoms with Crippen molar-refractivity contribution < 1.29 is 9.72 Å². The zero-order chi connectivity index (χ0) is 20.5. The van der Waals surface area contributed by atoms with E-state index in [1.807, 2.05) is 4.90 Å². The normalized spacial score (nSPS) is 14.2. The van der Waals surface area contributed by atoms with Crippen LogP contribution in [0, 0.1) is 10.1 Å². The van der Waals surface area contributed by atoms with Gasteiger partial charge in [0.1, 0.15) is 11.2 Å². The number of halogens is 2. The first-order valence-electron chi connectivity index (χ1n) is 9.03. The molecule has 1 aliphatic rings. The zero-order valence-electron chi connectivity index (χ0n) is 15.2. The molecule has 29 heavy (non-hydrogen) atoms. The maximum atomic E-state index is 12.7. The predicted octanol–water partition coefficient (Wildman–Crippen LogP) is 5.75. The quantitative estimate of drug-likeness (QED) is 0.403. The van der Waals surface area contributed by atoms with Crippen LogP contribution in [-0.4, -0.2) is 28.9 Å². The first kappa shape index (κ1) is 19.9. The smallest absolute Gasteiger partial charge is 0.293 e. The Bertz CT molecular complexity index is 1110. The molecule has 3 aromatic rings. The Labute approximate surface area is 180 Å². The van der Waals surface area contributed by atoms with E-state index in [1.54, 1.807) is 24.3 Å². The first-order valence-corrected chi connectivity index (χ1v) is 10.6. The fraction of sp³-hybridized carbons (Fsp3) is 0.263. The summed E-state index contributed by atoms with van der Waals surface area (Å²) in [6.07, 6.45) is 3.13. The van der Waals surface area contributed by atoms with Crippen molar-refractivity contribution in [1.29, 1.82) is 0 Å². The van der Waals surface area contributed by atoms with Crippen molar-refractivity contribution in [3.8, 4) is 0 Å². The maximum absolute atomic E-state index is 12.7. The summed E-state index contributed by atoms with van der Waals surface area (Å²) in [5.74, 6) is -0.473. The largest absolute Gasteiger partial charge is 0.366 e. The SMILES string of the molecule is O=C(Nc1nc2c(Cl)c(Cl)ccc2s1)c1ccc(N2CCCCC2)c([N+](=O)[O-])c1. The average molecular weight is 451 g/mol. The number of nitro benzene ring substituents is 1. The summed E-state index contributed by atoms with van der Waals surface area (Å²) in [6.45, 7) is 1.56. The van der Waals surface area contributed by atoms with E-state index >= 15 is 0 Å². The molecule has 1 aliphatic heterocycles. The fourth-order valence-corrected chi connectivity index (χ4v) is 4.66. The van der Waals surface area contributed by atoms with Crippen LogP contribution in [0.4, 0.5) is 16.5 Å². The number of carbonyl (C=O) groups excluding carboxylic acids is 1. The number of nitrogens with one attached hydrogen (secondary N) is 1. The van der Waals surface area contributed by atoms with E-state index in [4.69, 9.17) is 23.2 Å². The third-order valence-electron chi connectivity index (χ3n) is 4.80. The molecule has 0 unspecified atom stereocenters. The number of amides is 1. The summed E-state index contributed by atoms with van der Waals surface area (Å²) in [6, 6.07) is 8.00. The first-order chi connectivity index (χ1) is 13.9. The summed E-state index contributed by atoms with van der Waals surface area (Å²) in [4.78, 5) is 30.1. The van der Waals surface area contributed by atoms with Crippen molar-refractivity contribution in [1.82, 2.24) is 4.98 Å². The van der Waals surface area contributed by atoms with Gasteiger partial charge in [-0.1, -0.05) is 34.5 Å². The van der Waals surface area contributed by atoms with Crippen LogP contribution in [0.1, 0.15) is 29.6 Å². The second-order valence-corrected chi connectivity index (χ2v) is 8.51. The summed E-state index contributed by atoms with van der Waals surface area (Å²) < 4.78 is 0.779. The number of benzene rings is 2. The van der Waals surface area contributed by atoms with E-state index < -0.39 is 10.8 Å². The van der Waals surface area contributed by atoms with Crippen molar-refractivity contribution in [2.75, 3.05) is 23.3 Å². The average Bonchev–Trinajstić information content (AvgIpc) is 3.14. The third-order valence-corrected chi connectivity index (χ3v) is 6.53. The molecule has 0 atom stereocenters. The molecule has 1 amide bonds. The van der Waals surface area contributed by atoms with Crippen molar-refractivity contribution in [3.63, 3.8) is 0 Å². The van der Waals surface area contributed by atoms with Crippen LogP contribution in [0.3, 0.4) is 0 Å². The van der Waals surface area contributed by atoms with Crippen LogP contribution in [0.25, 0.3) is 10.2 Å². The maximum Gasteiger partial charge on any atom is 0.293 e. The Morgan fingerprint density at radius 3 is 2.66 bits per heavy atom. The van der Waals surface area contributed by atoms with E-state index in [-0.39, 0.29) is 11.3 Å². The number of rotatable bonds is 4. The topological polar surface area (TPSA) is 88.4 Å². The highest BCUT2D eigenvalue weighted by Gasteiger charge is 2.23. The molecule has 0 aliphatic carbocycles. The van der Waals surface area contributed by atoms with Gasteiger partial charge in [0.05, 0.1) is 19.7 Å². The number of aromatic nitrogens is 1. The third kappa shape index (κ3) is 4.01. The second kappa shape index (κ2) is 8.14. The number of thiazole rings is 1. The van der Waals surface area contributed by atoms with Crippen LogP contribution in [0.15, 0.2) is 30.3 Å². The van der Waals surface area contributed by atoms with Gasteiger partial charge in [-0.2, -0.15) is 0 Å². The standard InChI is InChI=1S/C19H16Cl2N4O3S/c20-12-5-7-15-17(16(12)21)22-19(29-15)23-18(26)11-4-6-13(14(10-11)25(27)28)24-8-2-1-3-9-24/h4-7,10H,1-3,8-9H2,(H,22,23,26). The summed E-state index contributed by atoms with van der Waals surface area (Å²) in [5, 5.41) is 15.3. The Kier molecular flexibility index (Phi) is 5.58.